The van der Waals surface area contributed by atoms with Crippen molar-refractivity contribution in [1.82, 2.24) is 0 Å². The molecule has 0 aliphatic heterocycles. The van der Waals surface area contributed by atoms with E-state index in [1.165, 1.54) is 12.1 Å². The van der Waals surface area contributed by atoms with Crippen molar-refractivity contribution in [3.63, 3.8) is 0 Å². The molecule has 0 aromatic heterocycles. The highest BCUT2D eigenvalue weighted by Crippen LogP contribution is 2.31. The molecule has 2 amide bonds. The van der Waals surface area contributed by atoms with E-state index in [1.807, 2.05) is 0 Å². The minimum absolute atomic E-state index is 0.0512. The summed E-state index contributed by atoms with van der Waals surface area (Å²) in [4.78, 5) is 22.8. The van der Waals surface area contributed by atoms with Crippen LogP contribution in [0.4, 0.5) is 46.9 Å². The van der Waals surface area contributed by atoms with Crippen LogP contribution in [0.1, 0.15) is 0 Å². The number of hydrogen-bond donors (Lipinski definition) is 2. The van der Waals surface area contributed by atoms with Crippen LogP contribution in [-0.4, -0.2) is 31.2 Å². The summed E-state index contributed by atoms with van der Waals surface area (Å²) in [5, 5.41) is 2.29. The molecule has 2 N–H and O–H groups in total. The van der Waals surface area contributed by atoms with Crippen LogP contribution in [0.5, 0.6) is 5.75 Å². The number of amides is 2. The molecule has 16 heteroatoms. The van der Waals surface area contributed by atoms with Crippen molar-refractivity contribution >= 4 is 44.4 Å². The van der Waals surface area contributed by atoms with E-state index < -0.39 is 44.5 Å². The topological polar surface area (TPSA) is 102 Å². The molecule has 0 unspecified atom stereocenters. The Morgan fingerprint density at radius 1 is 0.875 bits per heavy atom. The van der Waals surface area contributed by atoms with E-state index >= 15 is 0 Å². The van der Waals surface area contributed by atoms with Gasteiger partial charge in [0.1, 0.15) is 0 Å². The van der Waals surface area contributed by atoms with Gasteiger partial charge in [0.2, 0.25) is 0 Å². The number of benzene rings is 2. The largest absolute Gasteiger partial charge is 0.534 e. The van der Waals surface area contributed by atoms with Gasteiger partial charge in [-0.05, 0) is 48.2 Å². The number of hydrogen-bond acceptors (Lipinski definition) is 6. The van der Waals surface area contributed by atoms with Gasteiger partial charge in [0, 0.05) is 22.3 Å². The monoisotopic (exact) mass is 506 g/mol. The van der Waals surface area contributed by atoms with Crippen LogP contribution in [-0.2, 0) is 14.9 Å². The number of anilines is 2. The van der Waals surface area contributed by atoms with Gasteiger partial charge in [-0.3, -0.25) is 4.79 Å². The Kier molecular flexibility index (Phi) is 7.29. The molecule has 0 aliphatic carbocycles. The summed E-state index contributed by atoms with van der Waals surface area (Å²) < 4.78 is 113. The Balaban J connectivity index is 2.00. The summed E-state index contributed by atoms with van der Waals surface area (Å²) in [7, 11) is -6.09. The first kappa shape index (κ1) is 25.3. The van der Waals surface area contributed by atoms with Crippen LogP contribution in [0.3, 0.4) is 0 Å². The van der Waals surface area contributed by atoms with Crippen molar-refractivity contribution in [1.29, 1.82) is 0 Å². The fourth-order valence-electron chi connectivity index (χ4n) is 1.88. The molecule has 0 radical (unpaired) electrons. The Morgan fingerprint density at radius 3 is 1.91 bits per heavy atom. The maximum absolute atomic E-state index is 13.8. The number of nitrogens with one attached hydrogen (secondary N) is 2. The van der Waals surface area contributed by atoms with E-state index in [0.29, 0.717) is 12.1 Å². The number of halogens is 7. The van der Waals surface area contributed by atoms with Crippen molar-refractivity contribution in [2.24, 2.45) is 0 Å². The van der Waals surface area contributed by atoms with Crippen molar-refractivity contribution < 1.29 is 52.9 Å². The van der Waals surface area contributed by atoms with Gasteiger partial charge in [0.05, 0.1) is 0 Å². The fraction of sp³-hybridized carbons (Fsp3) is 0.125. The number of carbonyl (C=O) groups is 2. The molecule has 0 bridgehead atoms. The second kappa shape index (κ2) is 9.23. The first-order chi connectivity index (χ1) is 14.6. The van der Waals surface area contributed by atoms with Gasteiger partial charge in [-0.2, -0.15) is 34.8 Å². The lowest BCUT2D eigenvalue weighted by Crippen LogP contribution is -2.28. The lowest BCUT2D eigenvalue weighted by atomic mass is 10.3. The van der Waals surface area contributed by atoms with E-state index in [1.54, 1.807) is 0 Å². The molecule has 0 saturated carbocycles. The quantitative estimate of drug-likeness (QED) is 0.260. The molecule has 0 heterocycles. The van der Waals surface area contributed by atoms with Gasteiger partial charge in [-0.15, -0.1) is 0 Å². The van der Waals surface area contributed by atoms with Crippen LogP contribution in [0.25, 0.3) is 0 Å². The Bertz CT molecular complexity index is 1120. The molecule has 0 aliphatic rings. The third-order valence-electron chi connectivity index (χ3n) is 3.23. The van der Waals surface area contributed by atoms with E-state index in [0.717, 1.165) is 18.2 Å². The van der Waals surface area contributed by atoms with Gasteiger partial charge in [0.15, 0.2) is 11.6 Å². The number of urea groups is 1. The average molecular weight is 506 g/mol. The highest BCUT2D eigenvalue weighted by molar-refractivity contribution is 8.13. The maximum atomic E-state index is 13.8. The van der Waals surface area contributed by atoms with Gasteiger partial charge < -0.3 is 14.8 Å². The van der Waals surface area contributed by atoms with Crippen LogP contribution >= 0.6 is 11.8 Å². The predicted octanol–water partition coefficient (Wildman–Crippen LogP) is 4.88. The number of alkyl halides is 6. The molecule has 0 fully saturated rings. The average Bonchev–Trinajstić information content (AvgIpc) is 2.63. The van der Waals surface area contributed by atoms with Gasteiger partial charge >= 0.3 is 27.8 Å². The van der Waals surface area contributed by atoms with Crippen LogP contribution < -0.4 is 14.8 Å². The van der Waals surface area contributed by atoms with Gasteiger partial charge in [-0.25, -0.2) is 9.18 Å². The molecule has 0 saturated heterocycles. The van der Waals surface area contributed by atoms with E-state index in [2.05, 4.69) is 14.8 Å². The first-order valence-electron chi connectivity index (χ1n) is 7.86. The Morgan fingerprint density at radius 2 is 1.41 bits per heavy atom. The third kappa shape index (κ3) is 6.74. The van der Waals surface area contributed by atoms with E-state index in [-0.39, 0.29) is 28.0 Å². The van der Waals surface area contributed by atoms with Crippen LogP contribution in [0, 0.1) is 5.82 Å². The van der Waals surface area contributed by atoms with E-state index in [4.69, 9.17) is 0 Å². The predicted molar refractivity (Wildman–Crippen MR) is 98.0 cm³/mol. The van der Waals surface area contributed by atoms with Gasteiger partial charge in [-0.1, -0.05) is 0 Å². The second-order valence-corrected chi connectivity index (χ2v) is 8.20. The maximum Gasteiger partial charge on any atom is 0.534 e. The SMILES string of the molecule is O=C(Nc1ccc(SC(=O)C(F)(F)F)cc1)Nc1ccc(OS(=O)(=O)C(F)(F)F)c(F)c1. The zero-order chi connectivity index (χ0) is 24.3. The Hall–Kier alpha value is -3.01. The molecule has 7 nitrogen and oxygen atoms in total. The van der Waals surface area contributed by atoms with Gasteiger partial charge in [0.25, 0.3) is 5.12 Å². The molecule has 174 valence electrons. The molecule has 2 aromatic carbocycles. The number of rotatable bonds is 5. The summed E-state index contributed by atoms with van der Waals surface area (Å²) in [6.07, 6.45) is -5.02. The van der Waals surface area contributed by atoms with E-state index in [9.17, 15) is 48.7 Å². The molecule has 32 heavy (non-hydrogen) atoms. The van der Waals surface area contributed by atoms with Crippen molar-refractivity contribution in [2.75, 3.05) is 10.6 Å². The summed E-state index contributed by atoms with van der Waals surface area (Å²) in [5.41, 5.74) is -5.99. The molecule has 2 rings (SSSR count). The molecule has 2 aromatic rings. The van der Waals surface area contributed by atoms with Crippen molar-refractivity contribution in [3.05, 3.63) is 48.3 Å². The smallest absolute Gasteiger partial charge is 0.373 e. The fourth-order valence-corrected chi connectivity index (χ4v) is 2.94. The van der Waals surface area contributed by atoms with Crippen LogP contribution in [0.15, 0.2) is 47.4 Å². The van der Waals surface area contributed by atoms with Crippen LogP contribution in [0.2, 0.25) is 0 Å². The molecular weight excluding hydrogens is 497 g/mol. The Labute approximate surface area is 179 Å². The summed E-state index contributed by atoms with van der Waals surface area (Å²) in [6, 6.07) is 5.49. The lowest BCUT2D eigenvalue weighted by molar-refractivity contribution is -0.160. The normalized spacial score (nSPS) is 12.2. The molecular formula is C16H9F7N2O5S2. The summed E-state index contributed by atoms with van der Waals surface area (Å²) in [5.74, 6) is -2.78. The third-order valence-corrected chi connectivity index (χ3v) is 5.12. The second-order valence-electron chi connectivity index (χ2n) is 5.62. The minimum atomic E-state index is -6.09. The number of carbonyl (C=O) groups excluding carboxylic acids is 2. The van der Waals surface area contributed by atoms with Crippen molar-refractivity contribution in [2.45, 2.75) is 16.6 Å². The zero-order valence-corrected chi connectivity index (χ0v) is 16.7. The first-order valence-corrected chi connectivity index (χ1v) is 10.1. The number of thioether (sulfide) groups is 1. The summed E-state index contributed by atoms with van der Waals surface area (Å²) in [6.45, 7) is 0. The highest BCUT2D eigenvalue weighted by Gasteiger charge is 2.49. The van der Waals surface area contributed by atoms with Crippen molar-refractivity contribution in [3.8, 4) is 5.75 Å². The highest BCUT2D eigenvalue weighted by atomic mass is 32.2. The lowest BCUT2D eigenvalue weighted by Gasteiger charge is -2.12. The zero-order valence-electron chi connectivity index (χ0n) is 15.0. The molecule has 0 atom stereocenters. The summed E-state index contributed by atoms with van der Waals surface area (Å²) >= 11 is -0.0700. The molecule has 0 spiro atoms. The minimum Gasteiger partial charge on any atom is -0.373 e. The standard InChI is InChI=1S/C16H9F7N2O5S2/c17-11-7-9(3-6-12(11)30-32(28,29)16(21,22)23)25-14(27)24-8-1-4-10(5-2-8)31-13(26)15(18,19)20/h1-7H,(H2,24,25,27).